The predicted molar refractivity (Wildman–Crippen MR) is 61.7 cm³/mol. The van der Waals surface area contributed by atoms with Crippen molar-refractivity contribution in [2.75, 3.05) is 18.5 Å². The maximum absolute atomic E-state index is 8.81. The van der Waals surface area contributed by atoms with E-state index in [1.807, 2.05) is 6.07 Å². The van der Waals surface area contributed by atoms with Crippen LogP contribution in [0.25, 0.3) is 0 Å². The fourth-order valence-corrected chi connectivity index (χ4v) is 1.15. The zero-order valence-corrected chi connectivity index (χ0v) is 9.23. The van der Waals surface area contributed by atoms with Gasteiger partial charge >= 0.3 is 0 Å². The van der Waals surface area contributed by atoms with Gasteiger partial charge in [-0.25, -0.2) is 0 Å². The quantitative estimate of drug-likeness (QED) is 0.688. The first kappa shape index (κ1) is 12.7. The van der Waals surface area contributed by atoms with Crippen LogP contribution in [0.2, 0.25) is 0 Å². The van der Waals surface area contributed by atoms with E-state index in [0.717, 1.165) is 12.8 Å². The van der Waals surface area contributed by atoms with Crippen molar-refractivity contribution in [1.82, 2.24) is 0 Å². The first-order valence-corrected chi connectivity index (χ1v) is 4.92. The Morgan fingerprint density at radius 2 is 1.79 bits per heavy atom. The molecule has 0 atom stereocenters. The summed E-state index contributed by atoms with van der Waals surface area (Å²) in [6.07, 6.45) is 1.95. The van der Waals surface area contributed by atoms with Crippen molar-refractivity contribution < 1.29 is 4.79 Å². The molecule has 0 saturated carbocycles. The lowest BCUT2D eigenvalue weighted by Gasteiger charge is -2.17. The highest BCUT2D eigenvalue weighted by Gasteiger charge is 1.95. The van der Waals surface area contributed by atoms with Gasteiger partial charge in [0.1, 0.15) is 6.29 Å². The molecule has 78 valence electrons. The number of hydrogen-bond acceptors (Lipinski definition) is 2. The van der Waals surface area contributed by atoms with Gasteiger partial charge in [0, 0.05) is 19.3 Å². The molecular formula is C12H19NO. The minimum atomic E-state index is 0.750. The summed E-state index contributed by atoms with van der Waals surface area (Å²) in [5.74, 6) is 0. The Kier molecular flexibility index (Phi) is 7.52. The van der Waals surface area contributed by atoms with E-state index in [1.165, 1.54) is 19.0 Å². The number of hydrogen-bond donors (Lipinski definition) is 0. The van der Waals surface area contributed by atoms with Crippen molar-refractivity contribution in [3.8, 4) is 0 Å². The van der Waals surface area contributed by atoms with Crippen molar-refractivity contribution in [2.45, 2.75) is 20.3 Å². The van der Waals surface area contributed by atoms with Gasteiger partial charge in [0.25, 0.3) is 0 Å². The van der Waals surface area contributed by atoms with Gasteiger partial charge in [-0.1, -0.05) is 25.1 Å². The summed E-state index contributed by atoms with van der Waals surface area (Å²) in [6.45, 7) is 4.77. The Bertz CT molecular complexity index is 233. The molecule has 0 saturated heterocycles. The van der Waals surface area contributed by atoms with Crippen LogP contribution in [-0.4, -0.2) is 19.9 Å². The van der Waals surface area contributed by atoms with Gasteiger partial charge in [0.05, 0.1) is 0 Å². The molecule has 0 fully saturated rings. The molecule has 2 heteroatoms. The number of carbonyl (C=O) groups is 1. The van der Waals surface area contributed by atoms with Crippen LogP contribution >= 0.6 is 0 Å². The highest BCUT2D eigenvalue weighted by Crippen LogP contribution is 2.10. The largest absolute Gasteiger partial charge is 0.375 e. The van der Waals surface area contributed by atoms with Gasteiger partial charge in [-0.2, -0.15) is 0 Å². The summed E-state index contributed by atoms with van der Waals surface area (Å²) in [4.78, 5) is 11.1. The van der Waals surface area contributed by atoms with Crippen molar-refractivity contribution in [3.63, 3.8) is 0 Å². The van der Waals surface area contributed by atoms with E-state index in [9.17, 15) is 0 Å². The molecule has 0 aromatic heterocycles. The molecule has 1 rings (SSSR count). The molecule has 0 unspecified atom stereocenters. The van der Waals surface area contributed by atoms with Gasteiger partial charge in [-0.05, 0) is 25.5 Å². The topological polar surface area (TPSA) is 20.3 Å². The molecule has 14 heavy (non-hydrogen) atoms. The highest BCUT2D eigenvalue weighted by atomic mass is 16.1. The lowest BCUT2D eigenvalue weighted by atomic mass is 10.3. The first-order valence-electron chi connectivity index (χ1n) is 4.92. The summed E-state index contributed by atoms with van der Waals surface area (Å²) in [5.41, 5.74) is 1.30. The maximum atomic E-state index is 8.81. The second kappa shape index (κ2) is 8.30. The molecule has 0 spiro atoms. The number of aldehydes is 1. The smallest absolute Gasteiger partial charge is 0.116 e. The third kappa shape index (κ3) is 5.36. The van der Waals surface area contributed by atoms with Crippen LogP contribution in [-0.2, 0) is 4.79 Å². The molecular weight excluding hydrogens is 174 g/mol. The molecule has 1 aromatic carbocycles. The Morgan fingerprint density at radius 3 is 2.21 bits per heavy atom. The van der Waals surface area contributed by atoms with Crippen LogP contribution < -0.4 is 4.90 Å². The summed E-state index contributed by atoms with van der Waals surface area (Å²) in [6, 6.07) is 10.5. The van der Waals surface area contributed by atoms with E-state index in [2.05, 4.69) is 43.1 Å². The van der Waals surface area contributed by atoms with E-state index < -0.39 is 0 Å². The van der Waals surface area contributed by atoms with Gasteiger partial charge in [0.15, 0.2) is 0 Å². The van der Waals surface area contributed by atoms with Crippen LogP contribution in [0.3, 0.4) is 0 Å². The van der Waals surface area contributed by atoms with Crippen molar-refractivity contribution >= 4 is 12.0 Å². The summed E-state index contributed by atoms with van der Waals surface area (Å²) in [7, 11) is 2.12. The highest BCUT2D eigenvalue weighted by molar-refractivity contribution is 5.44. The normalized spacial score (nSPS) is 8.50. The maximum Gasteiger partial charge on any atom is 0.116 e. The van der Waals surface area contributed by atoms with Gasteiger partial charge in [-0.3, -0.25) is 0 Å². The van der Waals surface area contributed by atoms with E-state index in [0.29, 0.717) is 0 Å². The molecule has 0 amide bonds. The molecule has 2 nitrogen and oxygen atoms in total. The molecule has 0 heterocycles. The standard InChI is InChI=1S/C10H15N.C2H4O/c1-3-9-11(2)10-7-5-4-6-8-10;1-2-3/h4-8H,3,9H2,1-2H3;2H,1H3. The fourth-order valence-electron chi connectivity index (χ4n) is 1.15. The minimum Gasteiger partial charge on any atom is -0.375 e. The number of carbonyl (C=O) groups excluding carboxylic acids is 1. The predicted octanol–water partition coefficient (Wildman–Crippen LogP) is 2.74. The number of benzene rings is 1. The van der Waals surface area contributed by atoms with Crippen molar-refractivity contribution in [2.24, 2.45) is 0 Å². The van der Waals surface area contributed by atoms with Crippen LogP contribution in [0.15, 0.2) is 30.3 Å². The zero-order valence-electron chi connectivity index (χ0n) is 9.23. The number of rotatable bonds is 3. The lowest BCUT2D eigenvalue weighted by Crippen LogP contribution is -2.17. The van der Waals surface area contributed by atoms with Gasteiger partial charge < -0.3 is 9.69 Å². The molecule has 1 aromatic rings. The number of anilines is 1. The summed E-state index contributed by atoms with van der Waals surface area (Å²) < 4.78 is 0. The fraction of sp³-hybridized carbons (Fsp3) is 0.417. The number of nitrogens with zero attached hydrogens (tertiary/aromatic N) is 1. The van der Waals surface area contributed by atoms with E-state index in [-0.39, 0.29) is 0 Å². The van der Waals surface area contributed by atoms with Crippen LogP contribution in [0.5, 0.6) is 0 Å². The first-order chi connectivity index (χ1) is 6.76. The molecule has 0 N–H and O–H groups in total. The molecule has 0 aliphatic heterocycles. The average molecular weight is 193 g/mol. The van der Waals surface area contributed by atoms with Crippen LogP contribution in [0.4, 0.5) is 5.69 Å². The second-order valence-electron chi connectivity index (χ2n) is 2.99. The number of para-hydroxylation sites is 1. The van der Waals surface area contributed by atoms with Crippen molar-refractivity contribution in [3.05, 3.63) is 30.3 Å². The Labute approximate surface area is 86.5 Å². The van der Waals surface area contributed by atoms with Crippen molar-refractivity contribution in [1.29, 1.82) is 0 Å². The second-order valence-corrected chi connectivity index (χ2v) is 2.99. The van der Waals surface area contributed by atoms with E-state index in [1.54, 1.807) is 0 Å². The third-order valence-corrected chi connectivity index (χ3v) is 1.76. The lowest BCUT2D eigenvalue weighted by molar-refractivity contribution is -0.106. The molecule has 0 aliphatic rings. The third-order valence-electron chi connectivity index (χ3n) is 1.76. The van der Waals surface area contributed by atoms with E-state index >= 15 is 0 Å². The Hall–Kier alpha value is -1.31. The molecule has 0 aliphatic carbocycles. The minimum absolute atomic E-state index is 0.750. The van der Waals surface area contributed by atoms with Gasteiger partial charge in [0.2, 0.25) is 0 Å². The van der Waals surface area contributed by atoms with Crippen LogP contribution in [0, 0.1) is 0 Å². The molecule has 0 radical (unpaired) electrons. The Balaban J connectivity index is 0.000000500. The zero-order chi connectivity index (χ0) is 10.8. The monoisotopic (exact) mass is 193 g/mol. The molecule has 0 bridgehead atoms. The summed E-state index contributed by atoms with van der Waals surface area (Å²) in [5, 5.41) is 0. The van der Waals surface area contributed by atoms with Crippen LogP contribution in [0.1, 0.15) is 20.3 Å². The Morgan fingerprint density at radius 1 is 1.29 bits per heavy atom. The van der Waals surface area contributed by atoms with E-state index in [4.69, 9.17) is 4.79 Å². The average Bonchev–Trinajstić information content (AvgIpc) is 2.21. The summed E-state index contributed by atoms with van der Waals surface area (Å²) >= 11 is 0. The SMILES string of the molecule is CC=O.CCCN(C)c1ccccc1. The van der Waals surface area contributed by atoms with Gasteiger partial charge in [-0.15, -0.1) is 0 Å².